The molecule has 0 aliphatic carbocycles. The van der Waals surface area contributed by atoms with Gasteiger partial charge in [0.2, 0.25) is 12.4 Å². The fourth-order valence-corrected chi connectivity index (χ4v) is 1.29. The zero-order valence-corrected chi connectivity index (χ0v) is 7.29. The molecule has 1 N–H and O–H groups in total. The number of halogens is 1. The van der Waals surface area contributed by atoms with Gasteiger partial charge in [-0.3, -0.25) is 4.79 Å². The van der Waals surface area contributed by atoms with Crippen LogP contribution in [0.3, 0.4) is 0 Å². The number of hydrogen-bond acceptors (Lipinski definition) is 2. The van der Waals surface area contributed by atoms with Gasteiger partial charge in [-0.05, 0) is 24.3 Å². The van der Waals surface area contributed by atoms with E-state index in [2.05, 4.69) is 9.72 Å². The number of ether oxygens (including phenoxy) is 1. The zero-order chi connectivity index (χ0) is 9.97. The lowest BCUT2D eigenvalue weighted by atomic mass is 10.2. The maximum Gasteiger partial charge on any atom is 0.248 e. The topological polar surface area (TPSA) is 42.1 Å². The first kappa shape index (κ1) is 8.74. The maximum absolute atomic E-state index is 11.9. The Balaban J connectivity index is 2.56. The fraction of sp³-hybridized carbons (Fsp3) is 0.100. The van der Waals surface area contributed by atoms with Gasteiger partial charge in [0.15, 0.2) is 0 Å². The van der Waals surface area contributed by atoms with E-state index in [9.17, 15) is 9.18 Å². The molecule has 3 nitrogen and oxygen atoms in total. The number of aromatic amines is 1. The van der Waals surface area contributed by atoms with Crippen molar-refractivity contribution in [3.63, 3.8) is 0 Å². The molecule has 4 heteroatoms. The van der Waals surface area contributed by atoms with E-state index in [0.717, 1.165) is 5.39 Å². The van der Waals surface area contributed by atoms with Crippen molar-refractivity contribution in [2.45, 2.75) is 0 Å². The summed E-state index contributed by atoms with van der Waals surface area (Å²) in [6.45, 7) is -0.852. The summed E-state index contributed by atoms with van der Waals surface area (Å²) in [4.78, 5) is 13.6. The van der Waals surface area contributed by atoms with Gasteiger partial charge in [0.05, 0.1) is 0 Å². The Morgan fingerprint density at radius 1 is 1.29 bits per heavy atom. The number of benzene rings is 1. The minimum Gasteiger partial charge on any atom is -0.463 e. The Kier molecular flexibility index (Phi) is 2.18. The van der Waals surface area contributed by atoms with Gasteiger partial charge >= 0.3 is 0 Å². The van der Waals surface area contributed by atoms with Crippen molar-refractivity contribution in [2.75, 3.05) is 6.86 Å². The molecule has 0 bridgehead atoms. The van der Waals surface area contributed by atoms with Crippen LogP contribution in [-0.2, 0) is 0 Å². The predicted molar refractivity (Wildman–Crippen MR) is 51.2 cm³/mol. The molecule has 1 aromatic carbocycles. The SMILES string of the molecule is O=c1ccc2cc(OCF)ccc2[nH]1. The monoisotopic (exact) mass is 193 g/mol. The summed E-state index contributed by atoms with van der Waals surface area (Å²) in [7, 11) is 0. The molecule has 0 saturated carbocycles. The number of alkyl halides is 1. The highest BCUT2D eigenvalue weighted by atomic mass is 19.1. The van der Waals surface area contributed by atoms with Gasteiger partial charge < -0.3 is 9.72 Å². The maximum atomic E-state index is 11.9. The molecule has 0 radical (unpaired) electrons. The van der Waals surface area contributed by atoms with Crippen LogP contribution in [0.1, 0.15) is 0 Å². The van der Waals surface area contributed by atoms with Crippen LogP contribution in [0.5, 0.6) is 5.75 Å². The average molecular weight is 193 g/mol. The van der Waals surface area contributed by atoms with Gasteiger partial charge in [-0.15, -0.1) is 0 Å². The summed E-state index contributed by atoms with van der Waals surface area (Å²) < 4.78 is 16.5. The minimum absolute atomic E-state index is 0.156. The van der Waals surface area contributed by atoms with E-state index in [4.69, 9.17) is 0 Å². The number of pyridine rings is 1. The summed E-state index contributed by atoms with van der Waals surface area (Å²) in [5.41, 5.74) is 0.556. The van der Waals surface area contributed by atoms with Crippen molar-refractivity contribution in [1.29, 1.82) is 0 Å². The van der Waals surface area contributed by atoms with Crippen LogP contribution >= 0.6 is 0 Å². The lowest BCUT2D eigenvalue weighted by Gasteiger charge is -2.02. The summed E-state index contributed by atoms with van der Waals surface area (Å²) in [5.74, 6) is 0.451. The summed E-state index contributed by atoms with van der Waals surface area (Å²) in [5, 5.41) is 0.815. The molecular weight excluding hydrogens is 185 g/mol. The third-order valence-electron chi connectivity index (χ3n) is 1.92. The molecule has 0 saturated heterocycles. The first-order valence-electron chi connectivity index (χ1n) is 4.11. The van der Waals surface area contributed by atoms with E-state index in [-0.39, 0.29) is 5.56 Å². The Bertz CT molecular complexity index is 507. The van der Waals surface area contributed by atoms with Gasteiger partial charge in [-0.25, -0.2) is 4.39 Å². The van der Waals surface area contributed by atoms with E-state index in [0.29, 0.717) is 11.3 Å². The molecule has 2 aromatic rings. The summed E-state index contributed by atoms with van der Waals surface area (Å²) in [6, 6.07) is 8.05. The van der Waals surface area contributed by atoms with Crippen LogP contribution in [0.4, 0.5) is 4.39 Å². The van der Waals surface area contributed by atoms with E-state index >= 15 is 0 Å². The lowest BCUT2D eigenvalue weighted by molar-refractivity contribution is 0.192. The summed E-state index contributed by atoms with van der Waals surface area (Å²) in [6.07, 6.45) is 0. The van der Waals surface area contributed by atoms with E-state index in [1.165, 1.54) is 6.07 Å². The van der Waals surface area contributed by atoms with E-state index in [1.807, 2.05) is 0 Å². The first-order valence-corrected chi connectivity index (χ1v) is 4.11. The van der Waals surface area contributed by atoms with Gasteiger partial charge in [0.1, 0.15) is 5.75 Å². The van der Waals surface area contributed by atoms with Gasteiger partial charge in [0, 0.05) is 17.0 Å². The number of aromatic nitrogens is 1. The highest BCUT2D eigenvalue weighted by Crippen LogP contribution is 2.17. The van der Waals surface area contributed by atoms with Crippen molar-refractivity contribution >= 4 is 10.9 Å². The average Bonchev–Trinajstić information content (AvgIpc) is 2.19. The largest absolute Gasteiger partial charge is 0.463 e. The predicted octanol–water partition coefficient (Wildman–Crippen LogP) is 1.83. The highest BCUT2D eigenvalue weighted by molar-refractivity contribution is 5.79. The molecule has 0 unspecified atom stereocenters. The van der Waals surface area contributed by atoms with Crippen molar-refractivity contribution in [2.24, 2.45) is 0 Å². The molecule has 0 spiro atoms. The van der Waals surface area contributed by atoms with Gasteiger partial charge in [0.25, 0.3) is 0 Å². The second-order valence-corrected chi connectivity index (χ2v) is 2.83. The number of nitrogens with one attached hydrogen (secondary N) is 1. The molecule has 0 atom stereocenters. The molecule has 2 rings (SSSR count). The number of fused-ring (bicyclic) bond motifs is 1. The van der Waals surface area contributed by atoms with E-state index in [1.54, 1.807) is 24.3 Å². The smallest absolute Gasteiger partial charge is 0.248 e. The van der Waals surface area contributed by atoms with Crippen molar-refractivity contribution in [1.82, 2.24) is 4.98 Å². The molecule has 1 aromatic heterocycles. The van der Waals surface area contributed by atoms with Gasteiger partial charge in [-0.2, -0.15) is 0 Å². The minimum atomic E-state index is -0.852. The Morgan fingerprint density at radius 3 is 2.93 bits per heavy atom. The third kappa shape index (κ3) is 1.59. The normalized spacial score (nSPS) is 10.4. The lowest BCUT2D eigenvalue weighted by Crippen LogP contribution is -2.02. The highest BCUT2D eigenvalue weighted by Gasteiger charge is 1.97. The van der Waals surface area contributed by atoms with Crippen LogP contribution in [0.25, 0.3) is 10.9 Å². The number of hydrogen-bond donors (Lipinski definition) is 1. The van der Waals surface area contributed by atoms with Crippen molar-refractivity contribution in [3.05, 3.63) is 40.7 Å². The number of H-pyrrole nitrogens is 1. The van der Waals surface area contributed by atoms with E-state index < -0.39 is 6.86 Å². The molecular formula is C10H8FNO2. The molecule has 0 aliphatic heterocycles. The molecule has 0 aliphatic rings. The molecule has 14 heavy (non-hydrogen) atoms. The Labute approximate surface area is 79.1 Å². The van der Waals surface area contributed by atoms with Crippen LogP contribution in [0, 0.1) is 0 Å². The molecule has 0 fully saturated rings. The Morgan fingerprint density at radius 2 is 2.14 bits per heavy atom. The third-order valence-corrected chi connectivity index (χ3v) is 1.92. The number of rotatable bonds is 2. The van der Waals surface area contributed by atoms with Crippen LogP contribution < -0.4 is 10.3 Å². The van der Waals surface area contributed by atoms with Crippen molar-refractivity contribution < 1.29 is 9.13 Å². The van der Waals surface area contributed by atoms with Crippen molar-refractivity contribution in [3.8, 4) is 5.75 Å². The van der Waals surface area contributed by atoms with Crippen LogP contribution in [0.15, 0.2) is 35.1 Å². The second-order valence-electron chi connectivity index (χ2n) is 2.83. The molecule has 0 amide bonds. The Hall–Kier alpha value is -1.84. The van der Waals surface area contributed by atoms with Crippen LogP contribution in [0.2, 0.25) is 0 Å². The molecule has 1 heterocycles. The second kappa shape index (κ2) is 3.49. The quantitative estimate of drug-likeness (QED) is 0.790. The molecule has 72 valence electrons. The standard InChI is InChI=1S/C10H8FNO2/c11-6-14-8-2-3-9-7(5-8)1-4-10(13)12-9/h1-5H,6H2,(H,12,13). The summed E-state index contributed by atoms with van der Waals surface area (Å²) >= 11 is 0. The van der Waals surface area contributed by atoms with Crippen LogP contribution in [-0.4, -0.2) is 11.8 Å². The first-order chi connectivity index (χ1) is 6.79. The van der Waals surface area contributed by atoms with Gasteiger partial charge in [-0.1, -0.05) is 0 Å². The zero-order valence-electron chi connectivity index (χ0n) is 7.29. The fourth-order valence-electron chi connectivity index (χ4n) is 1.29.